The monoisotopic (exact) mass is 507 g/mol. The lowest BCUT2D eigenvalue weighted by Gasteiger charge is -2.31. The maximum absolute atomic E-state index is 13.3. The van der Waals surface area contributed by atoms with E-state index >= 15 is 0 Å². The molecule has 9 heteroatoms. The van der Waals surface area contributed by atoms with Crippen molar-refractivity contribution in [2.45, 2.75) is 52.6 Å². The van der Waals surface area contributed by atoms with Gasteiger partial charge < -0.3 is 10.2 Å². The number of nitrogens with zero attached hydrogens (tertiary/aromatic N) is 2. The van der Waals surface area contributed by atoms with E-state index in [-0.39, 0.29) is 31.3 Å². The molecule has 0 heterocycles. The predicted molar refractivity (Wildman–Crippen MR) is 137 cm³/mol. The number of amides is 2. The first-order chi connectivity index (χ1) is 16.0. The van der Waals surface area contributed by atoms with E-state index in [9.17, 15) is 18.0 Å². The summed E-state index contributed by atoms with van der Waals surface area (Å²) in [5.41, 5.74) is 3.37. The SMILES string of the molecule is CC[C@@H](C(=O)NC)N(Cc1ccc(Cl)cc1)C(=O)CCCN(c1cc(C)cc(C)c1)S(C)(=O)=O. The van der Waals surface area contributed by atoms with Crippen molar-refractivity contribution >= 4 is 39.1 Å². The van der Waals surface area contributed by atoms with Crippen molar-refractivity contribution in [3.63, 3.8) is 0 Å². The number of rotatable bonds is 11. The Morgan fingerprint density at radius 2 is 1.65 bits per heavy atom. The third-order valence-electron chi connectivity index (χ3n) is 5.55. The van der Waals surface area contributed by atoms with Gasteiger partial charge in [-0.25, -0.2) is 8.42 Å². The first-order valence-electron chi connectivity index (χ1n) is 11.3. The molecule has 0 fully saturated rings. The minimum absolute atomic E-state index is 0.109. The number of hydrogen-bond donors (Lipinski definition) is 1. The molecule has 7 nitrogen and oxygen atoms in total. The second-order valence-electron chi connectivity index (χ2n) is 8.47. The standard InChI is InChI=1S/C25H34ClN3O4S/c1-6-23(25(31)27-4)28(17-20-9-11-21(26)12-10-20)24(30)8-7-13-29(34(5,32)33)22-15-18(2)14-19(3)16-22/h9-12,14-16,23H,6-8,13,17H2,1-5H3,(H,27,31)/t23-/m0/s1. The fourth-order valence-corrected chi connectivity index (χ4v) is 5.05. The van der Waals surface area contributed by atoms with Gasteiger partial charge in [0.2, 0.25) is 21.8 Å². The van der Waals surface area contributed by atoms with Crippen LogP contribution in [0, 0.1) is 13.8 Å². The normalized spacial score (nSPS) is 12.2. The molecule has 1 atom stereocenters. The second kappa shape index (κ2) is 12.2. The summed E-state index contributed by atoms with van der Waals surface area (Å²) in [6.07, 6.45) is 2.05. The van der Waals surface area contributed by atoms with Crippen LogP contribution in [0.25, 0.3) is 0 Å². The van der Waals surface area contributed by atoms with Crippen molar-refractivity contribution in [3.8, 4) is 0 Å². The van der Waals surface area contributed by atoms with Crippen LogP contribution in [0.2, 0.25) is 5.02 Å². The molecular weight excluding hydrogens is 474 g/mol. The van der Waals surface area contributed by atoms with Crippen LogP contribution < -0.4 is 9.62 Å². The fraction of sp³-hybridized carbons (Fsp3) is 0.440. The van der Waals surface area contributed by atoms with E-state index in [1.54, 1.807) is 24.1 Å². The summed E-state index contributed by atoms with van der Waals surface area (Å²) in [5.74, 6) is -0.447. The van der Waals surface area contributed by atoms with Crippen molar-refractivity contribution in [2.75, 3.05) is 24.2 Å². The fourth-order valence-electron chi connectivity index (χ4n) is 3.97. The molecule has 0 aliphatic rings. The first-order valence-corrected chi connectivity index (χ1v) is 13.5. The summed E-state index contributed by atoms with van der Waals surface area (Å²) < 4.78 is 26.3. The highest BCUT2D eigenvalue weighted by Gasteiger charge is 2.28. The van der Waals surface area contributed by atoms with Gasteiger partial charge in [-0.3, -0.25) is 13.9 Å². The van der Waals surface area contributed by atoms with E-state index in [0.29, 0.717) is 23.6 Å². The molecule has 0 aromatic heterocycles. The molecule has 0 aliphatic heterocycles. The van der Waals surface area contributed by atoms with Crippen LogP contribution in [0.4, 0.5) is 5.69 Å². The van der Waals surface area contributed by atoms with Gasteiger partial charge in [0.15, 0.2) is 0 Å². The summed E-state index contributed by atoms with van der Waals surface area (Å²) in [6, 6.07) is 12.1. The maximum Gasteiger partial charge on any atom is 0.242 e. The molecule has 2 amide bonds. The lowest BCUT2D eigenvalue weighted by Crippen LogP contribution is -2.48. The largest absolute Gasteiger partial charge is 0.357 e. The van der Waals surface area contributed by atoms with Gasteiger partial charge in [-0.05, 0) is 67.6 Å². The Balaban J connectivity index is 2.20. The molecule has 0 radical (unpaired) electrons. The van der Waals surface area contributed by atoms with Crippen LogP contribution in [-0.4, -0.2) is 51.0 Å². The van der Waals surface area contributed by atoms with Crippen molar-refractivity contribution in [3.05, 3.63) is 64.2 Å². The minimum Gasteiger partial charge on any atom is -0.357 e. The Morgan fingerprint density at radius 1 is 1.06 bits per heavy atom. The molecule has 0 unspecified atom stereocenters. The summed E-state index contributed by atoms with van der Waals surface area (Å²) in [6.45, 7) is 6.11. The minimum atomic E-state index is -3.53. The van der Waals surface area contributed by atoms with Crippen molar-refractivity contribution in [1.82, 2.24) is 10.2 Å². The van der Waals surface area contributed by atoms with E-state index < -0.39 is 16.1 Å². The van der Waals surface area contributed by atoms with E-state index in [2.05, 4.69) is 5.32 Å². The van der Waals surface area contributed by atoms with Crippen LogP contribution >= 0.6 is 11.6 Å². The van der Waals surface area contributed by atoms with E-state index in [4.69, 9.17) is 11.6 Å². The lowest BCUT2D eigenvalue weighted by molar-refractivity contribution is -0.141. The number of halogens is 1. The molecule has 0 saturated carbocycles. The number of benzene rings is 2. The van der Waals surface area contributed by atoms with Gasteiger partial charge in [-0.2, -0.15) is 0 Å². The lowest BCUT2D eigenvalue weighted by atomic mass is 10.1. The zero-order valence-electron chi connectivity index (χ0n) is 20.5. The van der Waals surface area contributed by atoms with Crippen LogP contribution in [0.1, 0.15) is 42.9 Å². The molecule has 2 aromatic carbocycles. The van der Waals surface area contributed by atoms with Crippen molar-refractivity contribution in [2.24, 2.45) is 0 Å². The molecule has 0 saturated heterocycles. The van der Waals surface area contributed by atoms with Crippen LogP contribution in [-0.2, 0) is 26.2 Å². The number of anilines is 1. The molecule has 0 spiro atoms. The number of sulfonamides is 1. The summed E-state index contributed by atoms with van der Waals surface area (Å²) in [4.78, 5) is 27.3. The number of aryl methyl sites for hydroxylation is 2. The first kappa shape index (κ1) is 27.7. The molecular formula is C25H34ClN3O4S. The maximum atomic E-state index is 13.3. The Kier molecular flexibility index (Phi) is 9.94. The zero-order chi connectivity index (χ0) is 25.5. The topological polar surface area (TPSA) is 86.8 Å². The Hall–Kier alpha value is -2.58. The number of hydrogen-bond acceptors (Lipinski definition) is 4. The van der Waals surface area contributed by atoms with Crippen molar-refractivity contribution < 1.29 is 18.0 Å². The van der Waals surface area contributed by atoms with Crippen LogP contribution in [0.5, 0.6) is 0 Å². The molecule has 0 bridgehead atoms. The van der Waals surface area contributed by atoms with Gasteiger partial charge in [0.05, 0.1) is 11.9 Å². The van der Waals surface area contributed by atoms with Gasteiger partial charge in [0, 0.05) is 31.6 Å². The molecule has 0 aliphatic carbocycles. The highest BCUT2D eigenvalue weighted by molar-refractivity contribution is 7.92. The quantitative estimate of drug-likeness (QED) is 0.497. The Morgan fingerprint density at radius 3 is 2.15 bits per heavy atom. The number of carbonyl (C=O) groups excluding carboxylic acids is 2. The highest BCUT2D eigenvalue weighted by Crippen LogP contribution is 2.22. The Labute approximate surface area is 208 Å². The number of carbonyl (C=O) groups is 2. The number of likely N-dealkylation sites (N-methyl/N-ethyl adjacent to an activating group) is 1. The predicted octanol–water partition coefficient (Wildman–Crippen LogP) is 4.06. The van der Waals surface area contributed by atoms with Crippen molar-refractivity contribution in [1.29, 1.82) is 0 Å². The highest BCUT2D eigenvalue weighted by atomic mass is 35.5. The molecule has 2 aromatic rings. The summed E-state index contributed by atoms with van der Waals surface area (Å²) >= 11 is 5.98. The van der Waals surface area contributed by atoms with Gasteiger partial charge in [-0.15, -0.1) is 0 Å². The van der Waals surface area contributed by atoms with Gasteiger partial charge >= 0.3 is 0 Å². The molecule has 2 rings (SSSR count). The summed E-state index contributed by atoms with van der Waals surface area (Å²) in [7, 11) is -1.98. The zero-order valence-corrected chi connectivity index (χ0v) is 22.0. The molecule has 34 heavy (non-hydrogen) atoms. The molecule has 186 valence electrons. The van der Waals surface area contributed by atoms with E-state index in [1.807, 2.05) is 51.1 Å². The number of nitrogens with one attached hydrogen (secondary N) is 1. The van der Waals surface area contributed by atoms with Gasteiger partial charge in [0.25, 0.3) is 0 Å². The van der Waals surface area contributed by atoms with Gasteiger partial charge in [0.1, 0.15) is 6.04 Å². The molecule has 1 N–H and O–H groups in total. The van der Waals surface area contributed by atoms with E-state index in [0.717, 1.165) is 22.9 Å². The average molecular weight is 508 g/mol. The second-order valence-corrected chi connectivity index (χ2v) is 10.8. The average Bonchev–Trinajstić information content (AvgIpc) is 2.75. The van der Waals surface area contributed by atoms with E-state index in [1.165, 1.54) is 4.31 Å². The van der Waals surface area contributed by atoms with Gasteiger partial charge in [-0.1, -0.05) is 36.7 Å². The smallest absolute Gasteiger partial charge is 0.242 e. The third-order valence-corrected chi connectivity index (χ3v) is 6.99. The third kappa shape index (κ3) is 7.74. The van der Waals surface area contributed by atoms with Crippen LogP contribution in [0.15, 0.2) is 42.5 Å². The summed E-state index contributed by atoms with van der Waals surface area (Å²) in [5, 5.41) is 3.22. The van der Waals surface area contributed by atoms with Crippen LogP contribution in [0.3, 0.4) is 0 Å². The Bertz CT molecular complexity index is 1080.